The molecule has 0 aliphatic rings. The predicted molar refractivity (Wildman–Crippen MR) is 94.3 cm³/mol. The van der Waals surface area contributed by atoms with Gasteiger partial charge in [-0.3, -0.25) is 14.3 Å². The van der Waals surface area contributed by atoms with Crippen molar-refractivity contribution < 1.29 is 14.3 Å². The first-order valence-corrected chi connectivity index (χ1v) is 8.16. The third-order valence-corrected chi connectivity index (χ3v) is 3.70. The quantitative estimate of drug-likeness (QED) is 0.757. The number of nitrogens with one attached hydrogen (secondary N) is 1. The largest absolute Gasteiger partial charge is 0.483 e. The molecule has 2 amide bonds. The average molecular weight is 344 g/mol. The first-order valence-electron chi connectivity index (χ1n) is 8.16. The minimum Gasteiger partial charge on any atom is -0.483 e. The van der Waals surface area contributed by atoms with E-state index in [1.807, 2.05) is 31.5 Å². The highest BCUT2D eigenvalue weighted by atomic mass is 16.5. The molecule has 1 atom stereocenters. The minimum absolute atomic E-state index is 0.209. The third kappa shape index (κ3) is 5.34. The van der Waals surface area contributed by atoms with Crippen LogP contribution >= 0.6 is 0 Å². The second-order valence-corrected chi connectivity index (χ2v) is 6.18. The van der Waals surface area contributed by atoms with Gasteiger partial charge in [0.2, 0.25) is 0 Å². The fourth-order valence-corrected chi connectivity index (χ4v) is 2.51. The maximum Gasteiger partial charge on any atom is 0.255 e. The predicted octanol–water partition coefficient (Wildman–Crippen LogP) is 1.43. The Morgan fingerprint density at radius 2 is 2.04 bits per heavy atom. The number of hydrogen-bond acceptors (Lipinski definition) is 4. The van der Waals surface area contributed by atoms with Crippen molar-refractivity contribution in [3.05, 3.63) is 47.3 Å². The molecule has 3 N–H and O–H groups in total. The van der Waals surface area contributed by atoms with Gasteiger partial charge in [0.25, 0.3) is 11.8 Å². The first kappa shape index (κ1) is 18.5. The number of nitrogens with zero attached hydrogens (tertiary/aromatic N) is 2. The van der Waals surface area contributed by atoms with E-state index in [0.717, 1.165) is 17.9 Å². The van der Waals surface area contributed by atoms with E-state index >= 15 is 0 Å². The molecule has 0 spiro atoms. The molecule has 7 heteroatoms. The number of carbonyl (C=O) groups excluding carboxylic acids is 2. The average Bonchev–Trinajstić information content (AvgIpc) is 2.88. The molecule has 0 aliphatic carbocycles. The van der Waals surface area contributed by atoms with Crippen LogP contribution < -0.4 is 15.8 Å². The Morgan fingerprint density at radius 3 is 2.68 bits per heavy atom. The van der Waals surface area contributed by atoms with Crippen molar-refractivity contribution in [2.24, 2.45) is 11.7 Å². The van der Waals surface area contributed by atoms with Gasteiger partial charge in [-0.1, -0.05) is 19.1 Å². The standard InChI is InChI=1S/C18H24N4O3/c1-12(10-22-14(3)8-13(2)21-22)9-20-18(24)15-6-4-5-7-16(15)25-11-17(19)23/h4-8,12H,9-11H2,1-3H3,(H2,19,23)(H,20,24). The zero-order chi connectivity index (χ0) is 18.4. The smallest absolute Gasteiger partial charge is 0.255 e. The van der Waals surface area contributed by atoms with Gasteiger partial charge in [-0.05, 0) is 38.0 Å². The molecule has 134 valence electrons. The van der Waals surface area contributed by atoms with Gasteiger partial charge in [0, 0.05) is 18.8 Å². The summed E-state index contributed by atoms with van der Waals surface area (Å²) in [5, 5.41) is 7.33. The van der Waals surface area contributed by atoms with Gasteiger partial charge in [0.15, 0.2) is 6.61 Å². The lowest BCUT2D eigenvalue weighted by Crippen LogP contribution is -2.31. The molecule has 1 unspecified atom stereocenters. The van der Waals surface area contributed by atoms with E-state index in [4.69, 9.17) is 10.5 Å². The van der Waals surface area contributed by atoms with E-state index in [1.165, 1.54) is 0 Å². The Morgan fingerprint density at radius 1 is 1.32 bits per heavy atom. The molecule has 0 bridgehead atoms. The normalized spacial score (nSPS) is 11.8. The number of hydrogen-bond donors (Lipinski definition) is 2. The number of rotatable bonds is 8. The highest BCUT2D eigenvalue weighted by Gasteiger charge is 2.14. The fourth-order valence-electron chi connectivity index (χ4n) is 2.51. The molecule has 1 aromatic heterocycles. The first-order chi connectivity index (χ1) is 11.9. The number of para-hydroxylation sites is 1. The van der Waals surface area contributed by atoms with Crippen LogP contribution in [0.2, 0.25) is 0 Å². The van der Waals surface area contributed by atoms with Crippen LogP contribution in [0, 0.1) is 19.8 Å². The van der Waals surface area contributed by atoms with Gasteiger partial charge < -0.3 is 15.8 Å². The molecule has 0 fully saturated rings. The van der Waals surface area contributed by atoms with Crippen LogP contribution in [0.3, 0.4) is 0 Å². The van der Waals surface area contributed by atoms with Crippen molar-refractivity contribution in [3.8, 4) is 5.75 Å². The number of carbonyl (C=O) groups is 2. The number of nitrogens with two attached hydrogens (primary N) is 1. The molecule has 1 heterocycles. The van der Waals surface area contributed by atoms with Gasteiger partial charge >= 0.3 is 0 Å². The van der Waals surface area contributed by atoms with Crippen LogP contribution in [0.4, 0.5) is 0 Å². The zero-order valence-electron chi connectivity index (χ0n) is 14.8. The topological polar surface area (TPSA) is 99.2 Å². The van der Waals surface area contributed by atoms with Gasteiger partial charge in [0.1, 0.15) is 5.75 Å². The molecular weight excluding hydrogens is 320 g/mol. The third-order valence-electron chi connectivity index (χ3n) is 3.70. The van der Waals surface area contributed by atoms with Crippen molar-refractivity contribution >= 4 is 11.8 Å². The van der Waals surface area contributed by atoms with Gasteiger partial charge in [0.05, 0.1) is 11.3 Å². The van der Waals surface area contributed by atoms with E-state index in [0.29, 0.717) is 17.9 Å². The van der Waals surface area contributed by atoms with Gasteiger partial charge in [-0.2, -0.15) is 5.10 Å². The maximum atomic E-state index is 12.4. The molecule has 2 rings (SSSR count). The molecule has 0 aliphatic heterocycles. The second-order valence-electron chi connectivity index (χ2n) is 6.18. The number of amides is 2. The van der Waals surface area contributed by atoms with Crippen molar-refractivity contribution in [1.82, 2.24) is 15.1 Å². The van der Waals surface area contributed by atoms with Crippen LogP contribution in [0.25, 0.3) is 0 Å². The van der Waals surface area contributed by atoms with E-state index in [2.05, 4.69) is 10.4 Å². The van der Waals surface area contributed by atoms with Crippen LogP contribution in [0.1, 0.15) is 28.7 Å². The second kappa shape index (κ2) is 8.32. The fraction of sp³-hybridized carbons (Fsp3) is 0.389. The minimum atomic E-state index is -0.589. The summed E-state index contributed by atoms with van der Waals surface area (Å²) in [7, 11) is 0. The summed E-state index contributed by atoms with van der Waals surface area (Å²) in [6.45, 7) is 6.97. The van der Waals surface area contributed by atoms with E-state index in [9.17, 15) is 9.59 Å². The van der Waals surface area contributed by atoms with E-state index in [-0.39, 0.29) is 18.4 Å². The molecule has 7 nitrogen and oxygen atoms in total. The van der Waals surface area contributed by atoms with Crippen LogP contribution in [-0.4, -0.2) is 34.7 Å². The molecule has 1 aromatic carbocycles. The maximum absolute atomic E-state index is 12.4. The van der Waals surface area contributed by atoms with Gasteiger partial charge in [-0.15, -0.1) is 0 Å². The summed E-state index contributed by atoms with van der Waals surface area (Å²) >= 11 is 0. The lowest BCUT2D eigenvalue weighted by molar-refractivity contribution is -0.119. The Kier molecular flexibility index (Phi) is 6.16. The molecule has 0 radical (unpaired) electrons. The molecular formula is C18H24N4O3. The highest BCUT2D eigenvalue weighted by Crippen LogP contribution is 2.17. The number of ether oxygens (including phenoxy) is 1. The van der Waals surface area contributed by atoms with Crippen molar-refractivity contribution in [3.63, 3.8) is 0 Å². The van der Waals surface area contributed by atoms with E-state index < -0.39 is 5.91 Å². The summed E-state index contributed by atoms with van der Waals surface area (Å²) in [6.07, 6.45) is 0. The Labute approximate surface area is 147 Å². The molecule has 2 aromatic rings. The Hall–Kier alpha value is -2.83. The van der Waals surface area contributed by atoms with Crippen molar-refractivity contribution in [2.45, 2.75) is 27.3 Å². The lowest BCUT2D eigenvalue weighted by atomic mass is 10.1. The van der Waals surface area contributed by atoms with Crippen LogP contribution in [0.5, 0.6) is 5.75 Å². The van der Waals surface area contributed by atoms with Crippen LogP contribution in [-0.2, 0) is 11.3 Å². The SMILES string of the molecule is Cc1cc(C)n(CC(C)CNC(=O)c2ccccc2OCC(N)=O)n1. The van der Waals surface area contributed by atoms with Crippen LogP contribution in [0.15, 0.2) is 30.3 Å². The summed E-state index contributed by atoms with van der Waals surface area (Å²) in [5.41, 5.74) is 7.54. The summed E-state index contributed by atoms with van der Waals surface area (Å²) in [4.78, 5) is 23.3. The highest BCUT2D eigenvalue weighted by molar-refractivity contribution is 5.97. The molecule has 0 saturated carbocycles. The summed E-state index contributed by atoms with van der Waals surface area (Å²) in [5.74, 6) is -0.292. The lowest BCUT2D eigenvalue weighted by Gasteiger charge is -2.15. The summed E-state index contributed by atoms with van der Waals surface area (Å²) < 4.78 is 7.23. The number of benzene rings is 1. The van der Waals surface area contributed by atoms with Crippen molar-refractivity contribution in [2.75, 3.05) is 13.2 Å². The van der Waals surface area contributed by atoms with Crippen molar-refractivity contribution in [1.29, 1.82) is 0 Å². The Balaban J connectivity index is 1.93. The summed E-state index contributed by atoms with van der Waals surface area (Å²) in [6, 6.07) is 8.79. The number of aryl methyl sites for hydroxylation is 2. The Bertz CT molecular complexity index is 755. The monoisotopic (exact) mass is 344 g/mol. The van der Waals surface area contributed by atoms with Gasteiger partial charge in [-0.25, -0.2) is 0 Å². The number of aromatic nitrogens is 2. The molecule has 25 heavy (non-hydrogen) atoms. The molecule has 0 saturated heterocycles. The van der Waals surface area contributed by atoms with E-state index in [1.54, 1.807) is 24.3 Å². The zero-order valence-corrected chi connectivity index (χ0v) is 14.8. The number of primary amides is 1.